The summed E-state index contributed by atoms with van der Waals surface area (Å²) < 4.78 is 15.0. The first-order chi connectivity index (χ1) is 15.8. The molecule has 2 aliphatic rings. The lowest BCUT2D eigenvalue weighted by molar-refractivity contribution is -0.193. The van der Waals surface area contributed by atoms with Crippen LogP contribution in [0.15, 0.2) is 0 Å². The molecule has 1 saturated carbocycles. The van der Waals surface area contributed by atoms with Crippen LogP contribution in [-0.2, 0) is 33.4 Å². The van der Waals surface area contributed by atoms with Gasteiger partial charge in [0.1, 0.15) is 23.6 Å². The quantitative estimate of drug-likeness (QED) is 0.308. The summed E-state index contributed by atoms with van der Waals surface area (Å²) in [7, 11) is 1.22. The van der Waals surface area contributed by atoms with Crippen LogP contribution in [0.4, 0.5) is 4.79 Å². The average Bonchev–Trinajstić information content (AvgIpc) is 3.45. The summed E-state index contributed by atoms with van der Waals surface area (Å²) >= 11 is 0. The van der Waals surface area contributed by atoms with Gasteiger partial charge in [0, 0.05) is 6.04 Å². The molecule has 34 heavy (non-hydrogen) atoms. The molecule has 2 rings (SSSR count). The second-order valence-electron chi connectivity index (χ2n) is 10.1. The summed E-state index contributed by atoms with van der Waals surface area (Å²) in [5.41, 5.74) is -0.716. The highest BCUT2D eigenvalue weighted by atomic mass is 16.6. The number of hydrogen-bond donors (Lipinski definition) is 3. The smallest absolute Gasteiger partial charge is 0.408 e. The number of rotatable bonds is 10. The Kier molecular flexibility index (Phi) is 8.90. The zero-order valence-electron chi connectivity index (χ0n) is 20.9. The Morgan fingerprint density at radius 3 is 2.32 bits per heavy atom. The van der Waals surface area contributed by atoms with Crippen LogP contribution >= 0.6 is 0 Å². The van der Waals surface area contributed by atoms with Crippen LogP contribution in [0.5, 0.6) is 0 Å². The lowest BCUT2D eigenvalue weighted by atomic mass is 9.83. The molecule has 11 nitrogen and oxygen atoms in total. The Labute approximate surface area is 200 Å². The molecule has 2 fully saturated rings. The fourth-order valence-corrected chi connectivity index (χ4v) is 3.78. The number of hydrogen-bond acceptors (Lipinski definition) is 8. The number of esters is 2. The van der Waals surface area contributed by atoms with Gasteiger partial charge in [-0.1, -0.05) is 20.3 Å². The van der Waals surface area contributed by atoms with Gasteiger partial charge < -0.3 is 30.2 Å². The third-order valence-electron chi connectivity index (χ3n) is 6.07. The summed E-state index contributed by atoms with van der Waals surface area (Å²) in [5.74, 6) is -2.35. The van der Waals surface area contributed by atoms with Crippen molar-refractivity contribution in [3.05, 3.63) is 0 Å². The van der Waals surface area contributed by atoms with Crippen LogP contribution in [0.3, 0.4) is 0 Å². The monoisotopic (exact) mass is 483 g/mol. The molecule has 0 spiro atoms. The van der Waals surface area contributed by atoms with Crippen molar-refractivity contribution >= 4 is 29.8 Å². The molecule has 3 amide bonds. The number of alkyl carbamates (subject to hydrolysis) is 1. The second-order valence-corrected chi connectivity index (χ2v) is 10.1. The van der Waals surface area contributed by atoms with E-state index >= 15 is 0 Å². The minimum absolute atomic E-state index is 0.0437. The first-order valence-corrected chi connectivity index (χ1v) is 11.7. The van der Waals surface area contributed by atoms with Crippen LogP contribution in [0.1, 0.15) is 60.8 Å². The maximum atomic E-state index is 12.5. The largest absolute Gasteiger partial charge is 0.467 e. The Morgan fingerprint density at radius 1 is 1.15 bits per heavy atom. The molecule has 0 aromatic carbocycles. The van der Waals surface area contributed by atoms with E-state index in [2.05, 4.69) is 16.0 Å². The van der Waals surface area contributed by atoms with Gasteiger partial charge >= 0.3 is 18.0 Å². The van der Waals surface area contributed by atoms with Gasteiger partial charge in [0.05, 0.1) is 7.11 Å². The Balaban J connectivity index is 1.86. The zero-order chi connectivity index (χ0) is 25.8. The van der Waals surface area contributed by atoms with Crippen LogP contribution in [0.25, 0.3) is 0 Å². The molecule has 3 N–H and O–H groups in total. The summed E-state index contributed by atoms with van der Waals surface area (Å²) in [5, 5.41) is 7.89. The normalized spacial score (nSPS) is 26.0. The maximum absolute atomic E-state index is 12.5. The molecular formula is C23H37N3O8. The predicted octanol–water partition coefficient (Wildman–Crippen LogP) is 1.04. The van der Waals surface area contributed by atoms with Crippen LogP contribution in [-0.4, -0.2) is 66.8 Å². The third-order valence-corrected chi connectivity index (χ3v) is 6.07. The van der Waals surface area contributed by atoms with Crippen LogP contribution in [0, 0.1) is 17.8 Å². The predicted molar refractivity (Wildman–Crippen MR) is 120 cm³/mol. The fraction of sp³-hybridized carbons (Fsp3) is 0.783. The van der Waals surface area contributed by atoms with E-state index in [-0.39, 0.29) is 36.2 Å². The molecule has 0 radical (unpaired) electrons. The first kappa shape index (κ1) is 27.4. The Bertz CT molecular complexity index is 809. The van der Waals surface area contributed by atoms with E-state index in [0.29, 0.717) is 6.42 Å². The number of carbonyl (C=O) groups is 5. The van der Waals surface area contributed by atoms with E-state index in [1.165, 1.54) is 14.0 Å². The van der Waals surface area contributed by atoms with Gasteiger partial charge in [0.2, 0.25) is 5.91 Å². The van der Waals surface area contributed by atoms with E-state index in [4.69, 9.17) is 14.2 Å². The highest BCUT2D eigenvalue weighted by molar-refractivity contribution is 5.94. The van der Waals surface area contributed by atoms with Gasteiger partial charge in [0.15, 0.2) is 6.10 Å². The molecule has 0 aromatic heterocycles. The fourth-order valence-electron chi connectivity index (χ4n) is 3.78. The number of methoxy groups -OCH3 is 1. The van der Waals surface area contributed by atoms with Crippen molar-refractivity contribution in [2.24, 2.45) is 17.8 Å². The molecule has 1 heterocycles. The van der Waals surface area contributed by atoms with E-state index in [1.54, 1.807) is 20.8 Å². The Morgan fingerprint density at radius 2 is 1.79 bits per heavy atom. The number of ether oxygens (including phenoxy) is 3. The highest BCUT2D eigenvalue weighted by Gasteiger charge is 2.51. The summed E-state index contributed by atoms with van der Waals surface area (Å²) in [4.78, 5) is 60.9. The van der Waals surface area contributed by atoms with Crippen molar-refractivity contribution in [3.63, 3.8) is 0 Å². The van der Waals surface area contributed by atoms with Crippen LogP contribution in [0.2, 0.25) is 0 Å². The minimum atomic E-state index is -0.943. The number of amides is 3. The highest BCUT2D eigenvalue weighted by Crippen LogP contribution is 2.37. The molecule has 1 aliphatic heterocycles. The lowest BCUT2D eigenvalue weighted by Gasteiger charge is -2.37. The van der Waals surface area contributed by atoms with Crippen molar-refractivity contribution in [1.29, 1.82) is 0 Å². The third kappa shape index (κ3) is 7.33. The minimum Gasteiger partial charge on any atom is -0.467 e. The molecular weight excluding hydrogens is 446 g/mol. The molecule has 0 aromatic rings. The van der Waals surface area contributed by atoms with E-state index < -0.39 is 47.7 Å². The lowest BCUT2D eigenvalue weighted by Crippen LogP contribution is -2.56. The number of nitrogens with one attached hydrogen (secondary N) is 3. The maximum Gasteiger partial charge on any atom is 0.408 e. The van der Waals surface area contributed by atoms with Gasteiger partial charge in [0.25, 0.3) is 5.91 Å². The molecule has 0 bridgehead atoms. The van der Waals surface area contributed by atoms with Crippen molar-refractivity contribution in [1.82, 2.24) is 16.0 Å². The topological polar surface area (TPSA) is 149 Å². The molecule has 7 atom stereocenters. The van der Waals surface area contributed by atoms with Gasteiger partial charge in [-0.15, -0.1) is 0 Å². The van der Waals surface area contributed by atoms with Crippen LogP contribution < -0.4 is 16.0 Å². The SMILES string of the molecule is CCC(C)C1C(=O)OC1C(=O)NC1CC1CC(NC(=O)C(C)NC(=O)OC(C)(C)C)C(=O)OC. The second kappa shape index (κ2) is 11.1. The van der Waals surface area contributed by atoms with E-state index in [0.717, 1.165) is 6.42 Å². The van der Waals surface area contributed by atoms with Crippen molar-refractivity contribution in [2.45, 2.75) is 90.6 Å². The zero-order valence-corrected chi connectivity index (χ0v) is 20.9. The van der Waals surface area contributed by atoms with Gasteiger partial charge in [-0.25, -0.2) is 9.59 Å². The number of cyclic esters (lactones) is 1. The van der Waals surface area contributed by atoms with Crippen molar-refractivity contribution < 1.29 is 38.2 Å². The summed E-state index contributed by atoms with van der Waals surface area (Å²) in [6.07, 6.45) is 0.0934. The van der Waals surface area contributed by atoms with E-state index in [1.807, 2.05) is 13.8 Å². The Hall–Kier alpha value is -2.85. The standard InChI is InChI=1S/C23H37N3O8/c1-8-11(2)16-17(33-21(16)30)19(28)25-14-9-13(14)10-15(20(29)32-7)26-18(27)12(3)24-22(31)34-23(4,5)6/h11-17H,8-10H2,1-7H3,(H,24,31)(H,25,28)(H,26,27). The molecule has 192 valence electrons. The average molecular weight is 484 g/mol. The van der Waals surface area contributed by atoms with Gasteiger partial charge in [-0.3, -0.25) is 14.4 Å². The van der Waals surface area contributed by atoms with Crippen molar-refractivity contribution in [2.75, 3.05) is 7.11 Å². The summed E-state index contributed by atoms with van der Waals surface area (Å²) in [6.45, 7) is 10.4. The van der Waals surface area contributed by atoms with Gasteiger partial charge in [-0.05, 0) is 52.4 Å². The number of carbonyl (C=O) groups excluding carboxylic acids is 5. The van der Waals surface area contributed by atoms with Gasteiger partial charge in [-0.2, -0.15) is 0 Å². The summed E-state index contributed by atoms with van der Waals surface area (Å²) in [6, 6.07) is -2.07. The molecule has 1 saturated heterocycles. The molecule has 1 aliphatic carbocycles. The molecule has 11 heteroatoms. The van der Waals surface area contributed by atoms with E-state index in [9.17, 15) is 24.0 Å². The van der Waals surface area contributed by atoms with Crippen molar-refractivity contribution in [3.8, 4) is 0 Å². The molecule has 7 unspecified atom stereocenters. The first-order valence-electron chi connectivity index (χ1n) is 11.7.